The second kappa shape index (κ2) is 8.94. The van der Waals surface area contributed by atoms with Gasteiger partial charge in [-0.15, -0.1) is 0 Å². The summed E-state index contributed by atoms with van der Waals surface area (Å²) < 4.78 is 5.77. The lowest BCUT2D eigenvalue weighted by molar-refractivity contribution is 0.0940. The van der Waals surface area contributed by atoms with E-state index in [9.17, 15) is 4.79 Å². The minimum absolute atomic E-state index is 0.0655. The second-order valence-corrected chi connectivity index (χ2v) is 7.37. The molecule has 3 rings (SSSR count). The molecule has 28 heavy (non-hydrogen) atoms. The number of hydrogen-bond acceptors (Lipinski definition) is 2. The van der Waals surface area contributed by atoms with E-state index in [1.165, 1.54) is 11.1 Å². The topological polar surface area (TPSA) is 38.3 Å². The van der Waals surface area contributed by atoms with Gasteiger partial charge in [0.2, 0.25) is 0 Å². The molecule has 0 aliphatic heterocycles. The highest BCUT2D eigenvalue weighted by molar-refractivity contribution is 6.31. The van der Waals surface area contributed by atoms with Gasteiger partial charge in [0.25, 0.3) is 5.91 Å². The summed E-state index contributed by atoms with van der Waals surface area (Å²) in [6.07, 6.45) is 0. The van der Waals surface area contributed by atoms with Crippen molar-refractivity contribution in [2.24, 2.45) is 0 Å². The van der Waals surface area contributed by atoms with Crippen LogP contribution in [-0.4, -0.2) is 5.91 Å². The van der Waals surface area contributed by atoms with E-state index in [1.54, 1.807) is 24.3 Å². The lowest BCUT2D eigenvalue weighted by Gasteiger charge is -2.17. The molecule has 0 heterocycles. The molecule has 3 nitrogen and oxygen atoms in total. The van der Waals surface area contributed by atoms with Gasteiger partial charge in [-0.2, -0.15) is 0 Å². The van der Waals surface area contributed by atoms with Gasteiger partial charge in [0.05, 0.1) is 6.04 Å². The Morgan fingerprint density at radius 2 is 1.75 bits per heavy atom. The predicted molar refractivity (Wildman–Crippen MR) is 114 cm³/mol. The molecule has 0 unspecified atom stereocenters. The molecule has 0 saturated carbocycles. The maximum Gasteiger partial charge on any atom is 0.251 e. The van der Waals surface area contributed by atoms with Crippen molar-refractivity contribution in [3.05, 3.63) is 99.6 Å². The first-order valence-electron chi connectivity index (χ1n) is 9.28. The Bertz CT molecular complexity index is 967. The summed E-state index contributed by atoms with van der Waals surface area (Å²) in [5.74, 6) is 0.587. The number of halogens is 1. The number of carbonyl (C=O) groups is 1. The molecule has 4 heteroatoms. The number of carbonyl (C=O) groups excluding carboxylic acids is 1. The highest BCUT2D eigenvalue weighted by Crippen LogP contribution is 2.21. The van der Waals surface area contributed by atoms with Crippen LogP contribution in [0, 0.1) is 13.8 Å². The third-order valence-electron chi connectivity index (χ3n) is 4.71. The van der Waals surface area contributed by atoms with Gasteiger partial charge in [0, 0.05) is 16.1 Å². The molecule has 0 saturated heterocycles. The summed E-state index contributed by atoms with van der Waals surface area (Å²) in [5.41, 5.74) is 5.04. The molecule has 0 aliphatic carbocycles. The average molecular weight is 394 g/mol. The van der Waals surface area contributed by atoms with Crippen LogP contribution >= 0.6 is 11.6 Å². The Kier molecular flexibility index (Phi) is 6.37. The molecular weight excluding hydrogens is 370 g/mol. The molecule has 0 aliphatic rings. The number of benzene rings is 3. The maximum absolute atomic E-state index is 12.6. The molecular formula is C24H24ClNO2. The fourth-order valence-corrected chi connectivity index (χ4v) is 3.34. The monoisotopic (exact) mass is 393 g/mol. The first-order valence-corrected chi connectivity index (χ1v) is 9.66. The quantitative estimate of drug-likeness (QED) is 0.555. The highest BCUT2D eigenvalue weighted by atomic mass is 35.5. The fraction of sp³-hybridized carbons (Fsp3) is 0.208. The Morgan fingerprint density at radius 3 is 2.43 bits per heavy atom. The molecule has 3 aromatic rings. The lowest BCUT2D eigenvalue weighted by atomic mass is 10.00. The van der Waals surface area contributed by atoms with Crippen LogP contribution in [0.5, 0.6) is 5.75 Å². The average Bonchev–Trinajstić information content (AvgIpc) is 2.67. The first kappa shape index (κ1) is 20.0. The lowest BCUT2D eigenvalue weighted by Crippen LogP contribution is -2.27. The van der Waals surface area contributed by atoms with Gasteiger partial charge < -0.3 is 10.1 Å². The van der Waals surface area contributed by atoms with E-state index < -0.39 is 0 Å². The smallest absolute Gasteiger partial charge is 0.251 e. The maximum atomic E-state index is 12.6. The molecule has 1 N–H and O–H groups in total. The zero-order valence-corrected chi connectivity index (χ0v) is 17.1. The fourth-order valence-electron chi connectivity index (χ4n) is 3.15. The Hall–Kier alpha value is -2.78. The van der Waals surface area contributed by atoms with E-state index in [2.05, 4.69) is 37.4 Å². The first-order chi connectivity index (χ1) is 13.4. The van der Waals surface area contributed by atoms with Crippen LogP contribution in [0.15, 0.2) is 66.7 Å². The van der Waals surface area contributed by atoms with Crippen LogP contribution in [0.2, 0.25) is 5.02 Å². The van der Waals surface area contributed by atoms with E-state index >= 15 is 0 Å². The number of amides is 1. The number of rotatable bonds is 6. The summed E-state index contributed by atoms with van der Waals surface area (Å²) >= 11 is 6.14. The molecule has 3 aromatic carbocycles. The van der Waals surface area contributed by atoms with Gasteiger partial charge in [-0.05, 0) is 62.2 Å². The number of hydrogen-bond donors (Lipinski definition) is 1. The standard InChI is InChI=1S/C24H24ClNO2/c1-16-8-13-22(17(2)14-16)18(3)26-24(27)19-9-11-21(12-10-19)28-15-20-6-4-5-7-23(20)25/h4-14,18H,15H2,1-3H3,(H,26,27)/t18-/m0/s1. The zero-order valence-electron chi connectivity index (χ0n) is 16.3. The van der Waals surface area contributed by atoms with Crippen molar-refractivity contribution in [1.29, 1.82) is 0 Å². The van der Waals surface area contributed by atoms with Crippen LogP contribution in [0.3, 0.4) is 0 Å². The molecule has 0 spiro atoms. The predicted octanol–water partition coefficient (Wildman–Crippen LogP) is 6.03. The van der Waals surface area contributed by atoms with Crippen LogP contribution < -0.4 is 10.1 Å². The molecule has 0 fully saturated rings. The van der Waals surface area contributed by atoms with Gasteiger partial charge in [-0.25, -0.2) is 0 Å². The van der Waals surface area contributed by atoms with Gasteiger partial charge >= 0.3 is 0 Å². The van der Waals surface area contributed by atoms with Crippen molar-refractivity contribution in [2.75, 3.05) is 0 Å². The van der Waals surface area contributed by atoms with Gasteiger partial charge in [0.15, 0.2) is 0 Å². The SMILES string of the molecule is Cc1ccc([C@H](C)NC(=O)c2ccc(OCc3ccccc3Cl)cc2)c(C)c1. The van der Waals surface area contributed by atoms with Crippen molar-refractivity contribution in [1.82, 2.24) is 5.32 Å². The zero-order chi connectivity index (χ0) is 20.1. The van der Waals surface area contributed by atoms with Crippen molar-refractivity contribution in [3.8, 4) is 5.75 Å². The summed E-state index contributed by atoms with van der Waals surface area (Å²) in [6, 6.07) is 20.9. The van der Waals surface area contributed by atoms with Crippen LogP contribution in [0.25, 0.3) is 0 Å². The molecule has 1 atom stereocenters. The Balaban J connectivity index is 1.61. The van der Waals surface area contributed by atoms with Crippen molar-refractivity contribution >= 4 is 17.5 Å². The molecule has 0 bridgehead atoms. The van der Waals surface area contributed by atoms with Crippen LogP contribution in [0.4, 0.5) is 0 Å². The van der Waals surface area contributed by atoms with E-state index in [-0.39, 0.29) is 11.9 Å². The van der Waals surface area contributed by atoms with Crippen LogP contribution in [-0.2, 0) is 6.61 Å². The van der Waals surface area contributed by atoms with E-state index in [0.717, 1.165) is 11.1 Å². The highest BCUT2D eigenvalue weighted by Gasteiger charge is 2.13. The van der Waals surface area contributed by atoms with Gasteiger partial charge in [-0.1, -0.05) is 53.6 Å². The molecule has 0 aromatic heterocycles. The van der Waals surface area contributed by atoms with E-state index in [4.69, 9.17) is 16.3 Å². The van der Waals surface area contributed by atoms with Crippen molar-refractivity contribution < 1.29 is 9.53 Å². The number of nitrogens with one attached hydrogen (secondary N) is 1. The van der Waals surface area contributed by atoms with Crippen molar-refractivity contribution in [2.45, 2.75) is 33.4 Å². The second-order valence-electron chi connectivity index (χ2n) is 6.96. The number of ether oxygens (including phenoxy) is 1. The summed E-state index contributed by atoms with van der Waals surface area (Å²) in [6.45, 7) is 6.51. The molecule has 1 amide bonds. The normalized spacial score (nSPS) is 11.7. The van der Waals surface area contributed by atoms with Crippen molar-refractivity contribution in [3.63, 3.8) is 0 Å². The molecule has 144 valence electrons. The van der Waals surface area contributed by atoms with Gasteiger partial charge in [-0.3, -0.25) is 4.79 Å². The van der Waals surface area contributed by atoms with Crippen LogP contribution in [0.1, 0.15) is 45.6 Å². The summed E-state index contributed by atoms with van der Waals surface area (Å²) in [4.78, 5) is 12.6. The number of aryl methyl sites for hydroxylation is 2. The minimum atomic E-state index is -0.106. The largest absolute Gasteiger partial charge is 0.489 e. The molecule has 0 radical (unpaired) electrons. The third-order valence-corrected chi connectivity index (χ3v) is 5.08. The minimum Gasteiger partial charge on any atom is -0.489 e. The van der Waals surface area contributed by atoms with Gasteiger partial charge in [0.1, 0.15) is 12.4 Å². The third kappa shape index (κ3) is 4.93. The summed E-state index contributed by atoms with van der Waals surface area (Å²) in [5, 5.41) is 3.74. The van der Waals surface area contributed by atoms with E-state index in [0.29, 0.717) is 22.9 Å². The van der Waals surface area contributed by atoms with E-state index in [1.807, 2.05) is 31.2 Å². The Labute approximate surface area is 171 Å². The summed E-state index contributed by atoms with van der Waals surface area (Å²) in [7, 11) is 0. The Morgan fingerprint density at radius 1 is 1.04 bits per heavy atom.